The minimum atomic E-state index is -0.260. The Labute approximate surface area is 100 Å². The number of halogens is 1. The highest BCUT2D eigenvalue weighted by Crippen LogP contribution is 2.23. The normalized spacial score (nSPS) is 12.0. The van der Waals surface area contributed by atoms with E-state index in [0.717, 1.165) is 27.9 Å². The molecule has 16 heavy (non-hydrogen) atoms. The zero-order valence-corrected chi connectivity index (χ0v) is 10.3. The van der Waals surface area contributed by atoms with Crippen LogP contribution in [0, 0.1) is 0 Å². The summed E-state index contributed by atoms with van der Waals surface area (Å²) in [5.41, 5.74) is 6.77. The molecule has 0 amide bonds. The van der Waals surface area contributed by atoms with Crippen molar-refractivity contribution >= 4 is 22.4 Å². The Hall–Kier alpha value is -1.12. The fourth-order valence-electron chi connectivity index (χ4n) is 1.77. The highest BCUT2D eigenvalue weighted by Gasteiger charge is 2.14. The minimum Gasteiger partial charge on any atom is -0.325 e. The quantitative estimate of drug-likeness (QED) is 0.867. The predicted molar refractivity (Wildman–Crippen MR) is 68.7 cm³/mol. The van der Waals surface area contributed by atoms with Crippen LogP contribution < -0.4 is 5.73 Å². The maximum absolute atomic E-state index is 6.02. The van der Waals surface area contributed by atoms with Gasteiger partial charge in [-0.3, -0.25) is 4.98 Å². The highest BCUT2D eigenvalue weighted by molar-refractivity contribution is 6.31. The molecule has 3 heteroatoms. The molecule has 2 rings (SSSR count). The number of pyridine rings is 1. The average Bonchev–Trinajstić information content (AvgIpc) is 2.17. The molecule has 1 heterocycles. The standard InChI is InChI=1S/C13H15ClN2/c1-13(2,15)8-12-11-7-10(14)4-3-9(11)5-6-16-12/h3-7H,8,15H2,1-2H3. The zero-order valence-electron chi connectivity index (χ0n) is 9.50. The number of aromatic nitrogens is 1. The lowest BCUT2D eigenvalue weighted by atomic mass is 9.96. The van der Waals surface area contributed by atoms with E-state index in [2.05, 4.69) is 4.98 Å². The molecule has 2 nitrogen and oxygen atoms in total. The lowest BCUT2D eigenvalue weighted by molar-refractivity contribution is 0.512. The summed E-state index contributed by atoms with van der Waals surface area (Å²) in [6, 6.07) is 7.83. The van der Waals surface area contributed by atoms with E-state index in [4.69, 9.17) is 17.3 Å². The van der Waals surface area contributed by atoms with E-state index in [1.54, 1.807) is 0 Å². The summed E-state index contributed by atoms with van der Waals surface area (Å²) in [7, 11) is 0. The van der Waals surface area contributed by atoms with E-state index in [1.165, 1.54) is 0 Å². The Balaban J connectivity index is 2.56. The highest BCUT2D eigenvalue weighted by atomic mass is 35.5. The fourth-order valence-corrected chi connectivity index (χ4v) is 1.95. The van der Waals surface area contributed by atoms with Crippen molar-refractivity contribution in [2.45, 2.75) is 25.8 Å². The predicted octanol–water partition coefficient (Wildman–Crippen LogP) is 3.17. The summed E-state index contributed by atoms with van der Waals surface area (Å²) in [5.74, 6) is 0. The van der Waals surface area contributed by atoms with Gasteiger partial charge in [0.05, 0.1) is 0 Å². The number of hydrogen-bond donors (Lipinski definition) is 1. The van der Waals surface area contributed by atoms with Crippen LogP contribution in [0.15, 0.2) is 30.5 Å². The maximum atomic E-state index is 6.02. The van der Waals surface area contributed by atoms with Crippen LogP contribution in [0.3, 0.4) is 0 Å². The van der Waals surface area contributed by atoms with Crippen LogP contribution in [-0.2, 0) is 6.42 Å². The molecule has 1 aromatic carbocycles. The summed E-state index contributed by atoms with van der Waals surface area (Å²) in [6.45, 7) is 4.00. The van der Waals surface area contributed by atoms with Gasteiger partial charge in [-0.05, 0) is 37.4 Å². The topological polar surface area (TPSA) is 38.9 Å². The Morgan fingerprint density at radius 3 is 2.75 bits per heavy atom. The van der Waals surface area contributed by atoms with Crippen LogP contribution in [-0.4, -0.2) is 10.5 Å². The third-order valence-electron chi connectivity index (χ3n) is 2.43. The van der Waals surface area contributed by atoms with E-state index in [0.29, 0.717) is 0 Å². The first-order chi connectivity index (χ1) is 7.46. The van der Waals surface area contributed by atoms with Crippen LogP contribution in [0.25, 0.3) is 10.8 Å². The number of fused-ring (bicyclic) bond motifs is 1. The van der Waals surface area contributed by atoms with Gasteiger partial charge in [0.15, 0.2) is 0 Å². The van der Waals surface area contributed by atoms with Crippen molar-refractivity contribution in [1.82, 2.24) is 4.98 Å². The molecule has 0 aliphatic heterocycles. The van der Waals surface area contributed by atoms with Gasteiger partial charge >= 0.3 is 0 Å². The molecule has 2 aromatic rings. The van der Waals surface area contributed by atoms with Gasteiger partial charge in [0.1, 0.15) is 0 Å². The lowest BCUT2D eigenvalue weighted by Crippen LogP contribution is -2.34. The summed E-state index contributed by atoms with van der Waals surface area (Å²) in [5, 5.41) is 2.98. The van der Waals surface area contributed by atoms with Crippen molar-refractivity contribution < 1.29 is 0 Å². The monoisotopic (exact) mass is 234 g/mol. The molecular weight excluding hydrogens is 220 g/mol. The fraction of sp³-hybridized carbons (Fsp3) is 0.308. The summed E-state index contributed by atoms with van der Waals surface area (Å²) in [6.07, 6.45) is 2.56. The molecule has 0 aliphatic carbocycles. The molecule has 84 valence electrons. The van der Waals surface area contributed by atoms with Gasteiger partial charge in [-0.25, -0.2) is 0 Å². The smallest absolute Gasteiger partial charge is 0.0500 e. The first kappa shape index (κ1) is 11.4. The SMILES string of the molecule is CC(C)(N)Cc1nccc2ccc(Cl)cc12. The number of benzene rings is 1. The maximum Gasteiger partial charge on any atom is 0.0500 e. The molecule has 0 bridgehead atoms. The van der Waals surface area contributed by atoms with Crippen molar-refractivity contribution in [1.29, 1.82) is 0 Å². The Morgan fingerprint density at radius 2 is 2.06 bits per heavy atom. The van der Waals surface area contributed by atoms with Crippen LogP contribution in [0.4, 0.5) is 0 Å². The largest absolute Gasteiger partial charge is 0.325 e. The van der Waals surface area contributed by atoms with Gasteiger partial charge in [0.25, 0.3) is 0 Å². The average molecular weight is 235 g/mol. The second-order valence-corrected chi connectivity index (χ2v) is 5.22. The lowest BCUT2D eigenvalue weighted by Gasteiger charge is -2.18. The van der Waals surface area contributed by atoms with Crippen molar-refractivity contribution in [3.05, 3.63) is 41.2 Å². The summed E-state index contributed by atoms with van der Waals surface area (Å²) >= 11 is 6.00. The molecule has 1 aromatic heterocycles. The number of nitrogens with two attached hydrogens (primary N) is 1. The van der Waals surface area contributed by atoms with Crippen LogP contribution >= 0.6 is 11.6 Å². The van der Waals surface area contributed by atoms with Gasteiger partial charge in [-0.2, -0.15) is 0 Å². The van der Waals surface area contributed by atoms with Gasteiger partial charge in [-0.15, -0.1) is 0 Å². The van der Waals surface area contributed by atoms with Crippen molar-refractivity contribution in [3.63, 3.8) is 0 Å². The van der Waals surface area contributed by atoms with Crippen molar-refractivity contribution in [3.8, 4) is 0 Å². The first-order valence-electron chi connectivity index (χ1n) is 5.28. The first-order valence-corrected chi connectivity index (χ1v) is 5.65. The van der Waals surface area contributed by atoms with E-state index in [1.807, 2.05) is 44.3 Å². The summed E-state index contributed by atoms with van der Waals surface area (Å²) < 4.78 is 0. The van der Waals surface area contributed by atoms with Gasteiger partial charge in [-0.1, -0.05) is 17.7 Å². The molecular formula is C13H15ClN2. The Kier molecular flexibility index (Phi) is 2.87. The molecule has 0 spiro atoms. The zero-order chi connectivity index (χ0) is 11.8. The Bertz CT molecular complexity index is 515. The second-order valence-electron chi connectivity index (χ2n) is 4.79. The molecule has 0 fully saturated rings. The number of hydrogen-bond acceptors (Lipinski definition) is 2. The van der Waals surface area contributed by atoms with Gasteiger partial charge in [0, 0.05) is 34.3 Å². The second kappa shape index (κ2) is 4.04. The molecule has 0 saturated carbocycles. The molecule has 0 unspecified atom stereocenters. The third-order valence-corrected chi connectivity index (χ3v) is 2.67. The van der Waals surface area contributed by atoms with Crippen molar-refractivity contribution in [2.24, 2.45) is 5.73 Å². The third kappa shape index (κ3) is 2.52. The van der Waals surface area contributed by atoms with Crippen LogP contribution in [0.1, 0.15) is 19.5 Å². The van der Waals surface area contributed by atoms with E-state index in [9.17, 15) is 0 Å². The van der Waals surface area contributed by atoms with Crippen LogP contribution in [0.5, 0.6) is 0 Å². The minimum absolute atomic E-state index is 0.260. The molecule has 0 radical (unpaired) electrons. The van der Waals surface area contributed by atoms with E-state index in [-0.39, 0.29) is 5.54 Å². The summed E-state index contributed by atoms with van der Waals surface area (Å²) in [4.78, 5) is 4.39. The molecule has 0 aliphatic rings. The molecule has 0 atom stereocenters. The van der Waals surface area contributed by atoms with E-state index < -0.39 is 0 Å². The Morgan fingerprint density at radius 1 is 1.31 bits per heavy atom. The van der Waals surface area contributed by atoms with Crippen LogP contribution in [0.2, 0.25) is 5.02 Å². The number of rotatable bonds is 2. The van der Waals surface area contributed by atoms with Crippen molar-refractivity contribution in [2.75, 3.05) is 0 Å². The van der Waals surface area contributed by atoms with E-state index >= 15 is 0 Å². The molecule has 0 saturated heterocycles. The number of nitrogens with zero attached hydrogens (tertiary/aromatic N) is 1. The van der Waals surface area contributed by atoms with Gasteiger partial charge < -0.3 is 5.73 Å². The van der Waals surface area contributed by atoms with Gasteiger partial charge in [0.2, 0.25) is 0 Å². The molecule has 2 N–H and O–H groups in total.